The van der Waals surface area contributed by atoms with E-state index in [-0.39, 0.29) is 19.9 Å². The predicted octanol–water partition coefficient (Wildman–Crippen LogP) is 2.60. The largest absolute Gasteiger partial charge is 0.396 e. The lowest BCUT2D eigenvalue weighted by Crippen LogP contribution is -2.23. The monoisotopic (exact) mass is 363 g/mol. The fraction of sp³-hybridized carbons (Fsp3) is 0.190. The number of hydrogen-bond donors (Lipinski definition) is 3. The van der Waals surface area contributed by atoms with E-state index in [2.05, 4.69) is 6.07 Å². The lowest BCUT2D eigenvalue weighted by molar-refractivity contribution is -0.0488. The Kier molecular flexibility index (Phi) is 5.89. The predicted molar refractivity (Wildman–Crippen MR) is 103 cm³/mol. The molecule has 27 heavy (non-hydrogen) atoms. The molecule has 138 valence electrons. The van der Waals surface area contributed by atoms with Crippen molar-refractivity contribution in [3.63, 3.8) is 0 Å². The minimum absolute atomic E-state index is 0.0339. The molecule has 1 aromatic heterocycles. The van der Waals surface area contributed by atoms with Gasteiger partial charge in [0.25, 0.3) is 0 Å². The highest BCUT2D eigenvalue weighted by molar-refractivity contribution is 5.87. The summed E-state index contributed by atoms with van der Waals surface area (Å²) in [6.07, 6.45) is -0.716. The number of aliphatic hydroxyl groups is 2. The molecule has 0 atom stereocenters. The number of benzene rings is 2. The van der Waals surface area contributed by atoms with E-state index in [0.29, 0.717) is 22.6 Å². The Morgan fingerprint density at radius 1 is 0.926 bits per heavy atom. The van der Waals surface area contributed by atoms with Gasteiger partial charge < -0.3 is 25.3 Å². The highest BCUT2D eigenvalue weighted by atomic mass is 16.5. The number of nitrogens with zero attached hydrogens (tertiary/aromatic N) is 2. The van der Waals surface area contributed by atoms with Crippen molar-refractivity contribution in [1.82, 2.24) is 4.57 Å². The minimum atomic E-state index is -0.716. The van der Waals surface area contributed by atoms with Crippen LogP contribution in [0.4, 0.5) is 5.69 Å². The molecule has 0 aliphatic rings. The van der Waals surface area contributed by atoms with E-state index in [1.807, 2.05) is 65.2 Å². The molecule has 0 saturated heterocycles. The smallest absolute Gasteiger partial charge is 0.124 e. The molecular formula is C21H21N3O3. The topological polar surface area (TPSA) is 104 Å². The SMILES string of the molecule is N#Cc1c(N)c(-c2ccccc2)n(COC(CO)CO)c1-c1ccccc1. The minimum Gasteiger partial charge on any atom is -0.396 e. The number of rotatable bonds is 7. The molecule has 0 fully saturated rings. The number of ether oxygens (including phenoxy) is 1. The van der Waals surface area contributed by atoms with Crippen LogP contribution in [0.5, 0.6) is 0 Å². The van der Waals surface area contributed by atoms with Crippen LogP contribution < -0.4 is 5.73 Å². The normalized spacial score (nSPS) is 10.9. The number of aliphatic hydroxyl groups excluding tert-OH is 2. The van der Waals surface area contributed by atoms with Gasteiger partial charge in [0.15, 0.2) is 0 Å². The molecule has 0 bridgehead atoms. The number of anilines is 1. The first kappa shape index (κ1) is 18.7. The quantitative estimate of drug-likeness (QED) is 0.598. The van der Waals surface area contributed by atoms with Crippen LogP contribution >= 0.6 is 0 Å². The lowest BCUT2D eigenvalue weighted by atomic mass is 10.1. The zero-order valence-electron chi connectivity index (χ0n) is 14.7. The van der Waals surface area contributed by atoms with Crippen molar-refractivity contribution in [2.24, 2.45) is 0 Å². The lowest BCUT2D eigenvalue weighted by Gasteiger charge is -2.18. The van der Waals surface area contributed by atoms with E-state index in [1.165, 1.54) is 0 Å². The van der Waals surface area contributed by atoms with Gasteiger partial charge in [0, 0.05) is 5.56 Å². The number of nitrogen functional groups attached to an aromatic ring is 1. The third kappa shape index (κ3) is 3.71. The molecule has 0 radical (unpaired) electrons. The van der Waals surface area contributed by atoms with Gasteiger partial charge in [0.1, 0.15) is 24.5 Å². The third-order valence-electron chi connectivity index (χ3n) is 4.35. The van der Waals surface area contributed by atoms with Gasteiger partial charge in [0.2, 0.25) is 0 Å². The van der Waals surface area contributed by atoms with Crippen LogP contribution in [0.15, 0.2) is 60.7 Å². The van der Waals surface area contributed by atoms with Crippen molar-refractivity contribution in [2.75, 3.05) is 18.9 Å². The van der Waals surface area contributed by atoms with Crippen molar-refractivity contribution in [3.8, 4) is 28.6 Å². The first-order chi connectivity index (χ1) is 13.2. The van der Waals surface area contributed by atoms with Gasteiger partial charge in [0.05, 0.1) is 30.3 Å². The van der Waals surface area contributed by atoms with E-state index in [4.69, 9.17) is 10.5 Å². The highest BCUT2D eigenvalue weighted by Crippen LogP contribution is 2.39. The summed E-state index contributed by atoms with van der Waals surface area (Å²) in [4.78, 5) is 0. The second-order valence-corrected chi connectivity index (χ2v) is 6.04. The van der Waals surface area contributed by atoms with Gasteiger partial charge >= 0.3 is 0 Å². The summed E-state index contributed by atoms with van der Waals surface area (Å²) in [5, 5.41) is 28.4. The van der Waals surface area contributed by atoms with Crippen LogP contribution in [0.25, 0.3) is 22.5 Å². The van der Waals surface area contributed by atoms with Gasteiger partial charge in [-0.05, 0) is 5.56 Å². The Morgan fingerprint density at radius 3 is 1.93 bits per heavy atom. The molecule has 0 spiro atoms. The van der Waals surface area contributed by atoms with Crippen molar-refractivity contribution in [2.45, 2.75) is 12.8 Å². The molecule has 4 N–H and O–H groups in total. The summed E-state index contributed by atoms with van der Waals surface area (Å²) >= 11 is 0. The Balaban J connectivity index is 2.21. The Hall–Kier alpha value is -3.11. The van der Waals surface area contributed by atoms with Crippen LogP contribution in [0.1, 0.15) is 5.56 Å². The Bertz CT molecular complexity index is 927. The molecule has 0 aliphatic heterocycles. The molecular weight excluding hydrogens is 342 g/mol. The maximum atomic E-state index is 9.75. The molecule has 3 aromatic rings. The zero-order chi connectivity index (χ0) is 19.2. The van der Waals surface area contributed by atoms with Gasteiger partial charge in [-0.15, -0.1) is 0 Å². The molecule has 6 nitrogen and oxygen atoms in total. The number of hydrogen-bond acceptors (Lipinski definition) is 5. The zero-order valence-corrected chi connectivity index (χ0v) is 14.7. The maximum Gasteiger partial charge on any atom is 0.124 e. The van der Waals surface area contributed by atoms with Crippen molar-refractivity contribution < 1.29 is 14.9 Å². The molecule has 0 unspecified atom stereocenters. The van der Waals surface area contributed by atoms with E-state index < -0.39 is 6.10 Å². The van der Waals surface area contributed by atoms with Gasteiger partial charge in [-0.25, -0.2) is 0 Å². The average Bonchev–Trinajstić information content (AvgIpc) is 3.01. The van der Waals surface area contributed by atoms with Gasteiger partial charge in [-0.1, -0.05) is 60.7 Å². The van der Waals surface area contributed by atoms with Gasteiger partial charge in [-0.3, -0.25) is 0 Å². The fourth-order valence-corrected chi connectivity index (χ4v) is 3.03. The molecule has 6 heteroatoms. The molecule has 0 aliphatic carbocycles. The van der Waals surface area contributed by atoms with E-state index >= 15 is 0 Å². The molecule has 0 saturated carbocycles. The second kappa shape index (κ2) is 8.52. The third-order valence-corrected chi connectivity index (χ3v) is 4.35. The standard InChI is InChI=1S/C21H21N3O3/c22-11-18-19(23)21(16-9-5-2-6-10-16)24(14-27-17(12-25)13-26)20(18)15-7-3-1-4-8-15/h1-10,17,25-26H,12-14,23H2. The summed E-state index contributed by atoms with van der Waals surface area (Å²) < 4.78 is 7.48. The summed E-state index contributed by atoms with van der Waals surface area (Å²) in [5.41, 5.74) is 10.1. The number of nitriles is 1. The Labute approximate surface area is 157 Å². The van der Waals surface area contributed by atoms with Crippen LogP contribution in [0.2, 0.25) is 0 Å². The number of nitrogens with two attached hydrogens (primary N) is 1. The maximum absolute atomic E-state index is 9.75. The summed E-state index contributed by atoms with van der Waals surface area (Å²) in [6.45, 7) is -0.578. The van der Waals surface area contributed by atoms with E-state index in [1.54, 1.807) is 0 Å². The van der Waals surface area contributed by atoms with Crippen LogP contribution in [-0.2, 0) is 11.5 Å². The molecule has 3 rings (SSSR count). The molecule has 1 heterocycles. The average molecular weight is 363 g/mol. The van der Waals surface area contributed by atoms with Crippen molar-refractivity contribution >= 4 is 5.69 Å². The summed E-state index contributed by atoms with van der Waals surface area (Å²) in [5.74, 6) is 0. The molecule has 0 amide bonds. The van der Waals surface area contributed by atoms with Crippen molar-refractivity contribution in [3.05, 3.63) is 66.2 Å². The second-order valence-electron chi connectivity index (χ2n) is 6.04. The van der Waals surface area contributed by atoms with Gasteiger partial charge in [-0.2, -0.15) is 5.26 Å². The fourth-order valence-electron chi connectivity index (χ4n) is 3.03. The summed E-state index contributed by atoms with van der Waals surface area (Å²) in [7, 11) is 0. The van der Waals surface area contributed by atoms with Crippen molar-refractivity contribution in [1.29, 1.82) is 5.26 Å². The van der Waals surface area contributed by atoms with Crippen LogP contribution in [0, 0.1) is 11.3 Å². The number of aromatic nitrogens is 1. The van der Waals surface area contributed by atoms with E-state index in [9.17, 15) is 15.5 Å². The Morgan fingerprint density at radius 2 is 1.44 bits per heavy atom. The van der Waals surface area contributed by atoms with Crippen LogP contribution in [-0.4, -0.2) is 34.1 Å². The summed E-state index contributed by atoms with van der Waals surface area (Å²) in [6, 6.07) is 21.2. The first-order valence-electron chi connectivity index (χ1n) is 8.57. The first-order valence-corrected chi connectivity index (χ1v) is 8.57. The van der Waals surface area contributed by atoms with E-state index in [0.717, 1.165) is 11.1 Å². The highest BCUT2D eigenvalue weighted by Gasteiger charge is 2.24. The van der Waals surface area contributed by atoms with Crippen LogP contribution in [0.3, 0.4) is 0 Å². The molecule has 2 aromatic carbocycles.